The Labute approximate surface area is 161 Å². The monoisotopic (exact) mass is 405 g/mol. The van der Waals surface area contributed by atoms with Crippen LogP contribution in [-0.4, -0.2) is 42.2 Å². The van der Waals surface area contributed by atoms with Crippen LogP contribution in [0.1, 0.15) is 30.9 Å². The number of imide groups is 1. The van der Waals surface area contributed by atoms with Crippen LogP contribution < -0.4 is 11.0 Å². The molecule has 1 N–H and O–H groups in total. The van der Waals surface area contributed by atoms with Gasteiger partial charge in [0, 0.05) is 19.9 Å². The maximum absolute atomic E-state index is 12.8. The van der Waals surface area contributed by atoms with Gasteiger partial charge in [0.2, 0.25) is 11.8 Å². The van der Waals surface area contributed by atoms with Crippen LogP contribution in [0.2, 0.25) is 0 Å². The van der Waals surface area contributed by atoms with E-state index in [-0.39, 0.29) is 37.5 Å². The zero-order chi connectivity index (χ0) is 20.5. The Morgan fingerprint density at radius 2 is 2.04 bits per heavy atom. The fraction of sp³-hybridized carbons (Fsp3) is 0.389. The first-order valence-corrected chi connectivity index (χ1v) is 10.4. The van der Waals surface area contributed by atoms with Gasteiger partial charge in [0.05, 0.1) is 29.5 Å². The molecule has 1 atom stereocenters. The van der Waals surface area contributed by atoms with Gasteiger partial charge in [-0.1, -0.05) is 17.9 Å². The van der Waals surface area contributed by atoms with Crippen LogP contribution in [0.15, 0.2) is 23.0 Å². The molecule has 2 amide bonds. The summed E-state index contributed by atoms with van der Waals surface area (Å²) < 4.78 is 29.3. The van der Waals surface area contributed by atoms with Crippen molar-refractivity contribution in [2.75, 3.05) is 12.9 Å². The molecule has 0 aliphatic carbocycles. The number of carbonyl (C=O) groups excluding carboxylic acids is 2. The minimum absolute atomic E-state index is 0.0575. The van der Waals surface area contributed by atoms with Crippen LogP contribution in [0, 0.1) is 11.8 Å². The molecule has 1 aromatic carbocycles. The van der Waals surface area contributed by atoms with Crippen LogP contribution in [-0.2, 0) is 30.9 Å². The van der Waals surface area contributed by atoms with Gasteiger partial charge in [-0.2, -0.15) is 8.42 Å². The summed E-state index contributed by atoms with van der Waals surface area (Å²) in [7, 11) is -1.92. The molecule has 2 heterocycles. The van der Waals surface area contributed by atoms with Gasteiger partial charge in [0.1, 0.15) is 6.04 Å². The lowest BCUT2D eigenvalue weighted by Gasteiger charge is -2.21. The Kier molecular flexibility index (Phi) is 5.40. The summed E-state index contributed by atoms with van der Waals surface area (Å²) in [6.45, 7) is -0.0575. The number of imidazole rings is 1. The molecular weight excluding hydrogens is 386 g/mol. The highest BCUT2D eigenvalue weighted by atomic mass is 32.2. The van der Waals surface area contributed by atoms with Crippen molar-refractivity contribution < 1.29 is 22.2 Å². The summed E-state index contributed by atoms with van der Waals surface area (Å²) in [4.78, 5) is 36.4. The number of rotatable bonds is 4. The van der Waals surface area contributed by atoms with Crippen molar-refractivity contribution in [2.24, 2.45) is 7.05 Å². The third-order valence-electron chi connectivity index (χ3n) is 4.37. The average Bonchev–Trinajstić information content (AvgIpc) is 2.86. The van der Waals surface area contributed by atoms with E-state index in [0.29, 0.717) is 16.6 Å². The Hall–Kier alpha value is -2.90. The van der Waals surface area contributed by atoms with E-state index in [1.807, 2.05) is 0 Å². The summed E-state index contributed by atoms with van der Waals surface area (Å²) in [6.07, 6.45) is 1.58. The molecule has 1 unspecified atom stereocenters. The Morgan fingerprint density at radius 1 is 1.29 bits per heavy atom. The number of amides is 2. The molecule has 0 bridgehead atoms. The summed E-state index contributed by atoms with van der Waals surface area (Å²) in [5.41, 5.74) is 1.30. The maximum Gasteiger partial charge on any atom is 0.329 e. The van der Waals surface area contributed by atoms with Crippen LogP contribution in [0.3, 0.4) is 0 Å². The first-order valence-electron chi connectivity index (χ1n) is 8.56. The Balaban J connectivity index is 1.97. The number of nitrogens with zero attached hydrogens (tertiary/aromatic N) is 2. The number of hydrogen-bond acceptors (Lipinski definition) is 6. The number of carbonyl (C=O) groups is 2. The second-order valence-corrected chi connectivity index (χ2v) is 8.07. The van der Waals surface area contributed by atoms with Gasteiger partial charge in [-0.15, -0.1) is 0 Å². The summed E-state index contributed by atoms with van der Waals surface area (Å²) >= 11 is 0. The SMILES string of the molecule is Cn1c(=O)n(C2CCC(=O)NC2=O)c2cccc(C#CCCOS(C)(=O)=O)c21. The fourth-order valence-corrected chi connectivity index (χ4v) is 3.56. The molecule has 1 aliphatic rings. The van der Waals surface area contributed by atoms with Gasteiger partial charge >= 0.3 is 5.69 Å². The number of nitrogens with one attached hydrogen (secondary N) is 1. The summed E-state index contributed by atoms with van der Waals surface area (Å²) in [5.74, 6) is 4.90. The molecule has 1 fully saturated rings. The second kappa shape index (κ2) is 7.61. The fourth-order valence-electron chi connectivity index (χ4n) is 3.17. The number of hydrogen-bond donors (Lipinski definition) is 1. The van der Waals surface area contributed by atoms with E-state index in [1.54, 1.807) is 25.2 Å². The first-order chi connectivity index (χ1) is 13.2. The van der Waals surface area contributed by atoms with Crippen LogP contribution in [0.25, 0.3) is 11.0 Å². The zero-order valence-corrected chi connectivity index (χ0v) is 16.2. The molecule has 1 saturated heterocycles. The third-order valence-corrected chi connectivity index (χ3v) is 4.97. The van der Waals surface area contributed by atoms with E-state index >= 15 is 0 Å². The lowest BCUT2D eigenvalue weighted by Crippen LogP contribution is -2.44. The molecule has 0 spiro atoms. The number of benzene rings is 1. The second-order valence-electron chi connectivity index (χ2n) is 6.43. The average molecular weight is 405 g/mol. The lowest BCUT2D eigenvalue weighted by atomic mass is 10.1. The molecule has 0 saturated carbocycles. The van der Waals surface area contributed by atoms with E-state index in [4.69, 9.17) is 0 Å². The number of aromatic nitrogens is 2. The smallest absolute Gasteiger partial charge is 0.295 e. The van der Waals surface area contributed by atoms with Crippen molar-refractivity contribution in [3.8, 4) is 11.8 Å². The molecule has 10 heteroatoms. The van der Waals surface area contributed by atoms with Crippen molar-refractivity contribution in [3.05, 3.63) is 34.2 Å². The summed E-state index contributed by atoms with van der Waals surface area (Å²) in [5, 5.41) is 2.27. The highest BCUT2D eigenvalue weighted by Crippen LogP contribution is 2.24. The largest absolute Gasteiger partial charge is 0.329 e. The van der Waals surface area contributed by atoms with Crippen LogP contribution in [0.5, 0.6) is 0 Å². The molecule has 9 nitrogen and oxygen atoms in total. The van der Waals surface area contributed by atoms with Crippen molar-refractivity contribution in [2.45, 2.75) is 25.3 Å². The zero-order valence-electron chi connectivity index (χ0n) is 15.4. The summed E-state index contributed by atoms with van der Waals surface area (Å²) in [6, 6.07) is 4.42. The predicted molar refractivity (Wildman–Crippen MR) is 101 cm³/mol. The van der Waals surface area contributed by atoms with Crippen molar-refractivity contribution >= 4 is 33.0 Å². The topological polar surface area (TPSA) is 116 Å². The minimum atomic E-state index is -3.51. The van der Waals surface area contributed by atoms with E-state index in [2.05, 4.69) is 21.3 Å². The van der Waals surface area contributed by atoms with Gasteiger partial charge in [-0.05, 0) is 18.6 Å². The van der Waals surface area contributed by atoms with E-state index < -0.39 is 22.1 Å². The predicted octanol–water partition coefficient (Wildman–Crippen LogP) is 0.0355. The quantitative estimate of drug-likeness (QED) is 0.332. The van der Waals surface area contributed by atoms with Crippen LogP contribution in [0.4, 0.5) is 0 Å². The number of fused-ring (bicyclic) bond motifs is 1. The van der Waals surface area contributed by atoms with E-state index in [0.717, 1.165) is 6.26 Å². The highest BCUT2D eigenvalue weighted by Gasteiger charge is 2.31. The lowest BCUT2D eigenvalue weighted by molar-refractivity contribution is -0.135. The Morgan fingerprint density at radius 3 is 2.71 bits per heavy atom. The van der Waals surface area contributed by atoms with Crippen LogP contribution >= 0.6 is 0 Å². The van der Waals surface area contributed by atoms with Crippen molar-refractivity contribution in [3.63, 3.8) is 0 Å². The molecule has 2 aromatic rings. The van der Waals surface area contributed by atoms with Crippen molar-refractivity contribution in [1.29, 1.82) is 0 Å². The maximum atomic E-state index is 12.8. The van der Waals surface area contributed by atoms with Gasteiger partial charge in [0.25, 0.3) is 10.1 Å². The van der Waals surface area contributed by atoms with Gasteiger partial charge < -0.3 is 0 Å². The van der Waals surface area contributed by atoms with E-state index in [1.165, 1.54) is 9.13 Å². The normalized spacial score (nSPS) is 17.3. The molecule has 148 valence electrons. The van der Waals surface area contributed by atoms with Gasteiger partial charge in [0.15, 0.2) is 0 Å². The van der Waals surface area contributed by atoms with Crippen molar-refractivity contribution in [1.82, 2.24) is 14.5 Å². The minimum Gasteiger partial charge on any atom is -0.295 e. The molecule has 3 rings (SSSR count). The molecule has 28 heavy (non-hydrogen) atoms. The van der Waals surface area contributed by atoms with Gasteiger partial charge in [-0.25, -0.2) is 4.79 Å². The first kappa shape index (κ1) is 19.9. The van der Waals surface area contributed by atoms with Gasteiger partial charge in [-0.3, -0.25) is 28.2 Å². The number of para-hydroxylation sites is 1. The number of aryl methyl sites for hydroxylation is 1. The molecule has 1 aliphatic heterocycles. The highest BCUT2D eigenvalue weighted by molar-refractivity contribution is 7.85. The van der Waals surface area contributed by atoms with E-state index in [9.17, 15) is 22.8 Å². The number of piperidine rings is 1. The molecular formula is C18H19N3O6S. The molecule has 1 aromatic heterocycles. The Bertz CT molecular complexity index is 1180. The third kappa shape index (κ3) is 4.00. The standard InChI is InChI=1S/C18H19N3O6S/c1-20-16-12(6-3-4-11-27-28(2,25)26)7-5-8-13(16)21(18(20)24)14-9-10-15(22)19-17(14)23/h5,7-8,14H,4,9-11H2,1-2H3,(H,19,22,23). The molecule has 0 radical (unpaired) electrons.